The van der Waals surface area contributed by atoms with E-state index in [1.807, 2.05) is 0 Å². The van der Waals surface area contributed by atoms with Gasteiger partial charge in [-0.05, 0) is 104 Å². The van der Waals surface area contributed by atoms with Crippen LogP contribution in [0.4, 0.5) is 0 Å². The van der Waals surface area contributed by atoms with Gasteiger partial charge >= 0.3 is 0 Å². The molecule has 0 bridgehead atoms. The van der Waals surface area contributed by atoms with Crippen LogP contribution >= 0.6 is 22.7 Å². The zero-order chi connectivity index (χ0) is 36.4. The van der Waals surface area contributed by atoms with E-state index in [2.05, 4.69) is 185 Å². The van der Waals surface area contributed by atoms with Crippen molar-refractivity contribution in [1.82, 2.24) is 9.97 Å². The van der Waals surface area contributed by atoms with Gasteiger partial charge in [-0.15, -0.1) is 22.7 Å². The predicted molar refractivity (Wildman–Crippen MR) is 233 cm³/mol. The van der Waals surface area contributed by atoms with Crippen molar-refractivity contribution < 1.29 is 0 Å². The Kier molecular flexibility index (Phi) is 7.79. The molecule has 0 aliphatic heterocycles. The summed E-state index contributed by atoms with van der Waals surface area (Å²) < 4.78 is 2.42. The van der Waals surface area contributed by atoms with Crippen LogP contribution in [0, 0.1) is 0 Å². The molecule has 0 N–H and O–H groups in total. The van der Waals surface area contributed by atoms with E-state index in [4.69, 9.17) is 9.97 Å². The van der Waals surface area contributed by atoms with Crippen molar-refractivity contribution >= 4 is 65.5 Å². The molecule has 0 saturated carbocycles. The minimum Gasteiger partial charge on any atom is -0.236 e. The molecule has 2 aromatic heterocycles. The lowest BCUT2D eigenvalue weighted by molar-refractivity contribution is 0.660. The third kappa shape index (κ3) is 5.36. The molecule has 2 heterocycles. The summed E-state index contributed by atoms with van der Waals surface area (Å²) in [5.74, 6) is 0. The minimum absolute atomic E-state index is 0.0909. The summed E-state index contributed by atoms with van der Waals surface area (Å²) in [5.41, 5.74) is 15.6. The fourth-order valence-corrected chi connectivity index (χ4v) is 10.3. The lowest BCUT2D eigenvalue weighted by Crippen LogP contribution is -2.14. The topological polar surface area (TPSA) is 25.8 Å². The zero-order valence-electron chi connectivity index (χ0n) is 30.3. The summed E-state index contributed by atoms with van der Waals surface area (Å²) in [7, 11) is 0. The van der Waals surface area contributed by atoms with E-state index < -0.39 is 0 Å². The number of hydrogen-bond donors (Lipinski definition) is 0. The van der Waals surface area contributed by atoms with Crippen LogP contribution in [0.2, 0.25) is 0 Å². The Hall–Kier alpha value is -5.94. The normalized spacial score (nSPS) is 15.2. The highest BCUT2D eigenvalue weighted by Crippen LogP contribution is 2.51. The van der Waals surface area contributed by atoms with E-state index in [0.29, 0.717) is 0 Å². The van der Waals surface area contributed by atoms with Crippen LogP contribution in [0.5, 0.6) is 0 Å². The number of nitrogens with zero attached hydrogens (tertiary/aromatic N) is 2. The summed E-state index contributed by atoms with van der Waals surface area (Å²) in [6.45, 7) is 6.88. The van der Waals surface area contributed by atoms with Crippen LogP contribution in [-0.4, -0.2) is 9.97 Å². The number of para-hydroxylation sites is 2. The molecule has 54 heavy (non-hydrogen) atoms. The molecule has 1 aliphatic carbocycles. The number of benzene rings is 7. The molecule has 10 rings (SSSR count). The number of hydrogen-bond acceptors (Lipinski definition) is 4. The molecule has 0 amide bonds. The average Bonchev–Trinajstić information content (AvgIpc) is 3.91. The first-order valence-electron chi connectivity index (χ1n) is 18.4. The number of thiazole rings is 2. The van der Waals surface area contributed by atoms with Gasteiger partial charge in [-0.1, -0.05) is 141 Å². The highest BCUT2D eigenvalue weighted by Gasteiger charge is 2.37. The van der Waals surface area contributed by atoms with Crippen molar-refractivity contribution in [2.45, 2.75) is 26.2 Å². The van der Waals surface area contributed by atoms with E-state index in [1.54, 1.807) is 22.7 Å². The van der Waals surface area contributed by atoms with Crippen LogP contribution < -0.4 is 0 Å². The van der Waals surface area contributed by atoms with Gasteiger partial charge in [-0.3, -0.25) is 0 Å². The number of rotatable bonds is 5. The van der Waals surface area contributed by atoms with Crippen LogP contribution in [0.1, 0.15) is 37.5 Å². The fraction of sp³-hybridized carbons (Fsp3) is 0.0800. The second-order valence-electron chi connectivity index (χ2n) is 14.5. The first-order valence-corrected chi connectivity index (χ1v) is 20.1. The molecular weight excluding hydrogens is 693 g/mol. The van der Waals surface area contributed by atoms with Crippen molar-refractivity contribution in [1.29, 1.82) is 0 Å². The lowest BCUT2D eigenvalue weighted by atomic mass is 9.81. The highest BCUT2D eigenvalue weighted by atomic mass is 32.1. The highest BCUT2D eigenvalue weighted by molar-refractivity contribution is 7.22. The second-order valence-corrected chi connectivity index (χ2v) is 16.6. The van der Waals surface area contributed by atoms with Gasteiger partial charge in [0.2, 0.25) is 0 Å². The standard InChI is InChI=1S/C50H36N2S2/c1-4-41-40(37-14-7-8-16-42(37)50(41,2)3)30-35-29-39(31-21-25-33(26-22-31)48-51-43-17-9-11-19-45(43)53-48)36-13-5-6-15-38(36)47(35)32-23-27-34(28-24-32)49-52-44-18-10-12-20-46(44)54-49/h4-30H,1-3H3/b40-30-,41-4+. The first kappa shape index (κ1) is 32.7. The molecule has 4 heteroatoms. The molecule has 258 valence electrons. The predicted octanol–water partition coefficient (Wildman–Crippen LogP) is 14.5. The van der Waals surface area contributed by atoms with E-state index in [-0.39, 0.29) is 5.41 Å². The number of aromatic nitrogens is 2. The number of fused-ring (bicyclic) bond motifs is 4. The van der Waals surface area contributed by atoms with Gasteiger partial charge in [0.05, 0.1) is 20.4 Å². The third-order valence-corrected chi connectivity index (χ3v) is 13.1. The molecule has 1 aliphatic rings. The van der Waals surface area contributed by atoms with Gasteiger partial charge in [-0.2, -0.15) is 0 Å². The Bertz CT molecular complexity index is 2890. The first-order chi connectivity index (χ1) is 26.5. The van der Waals surface area contributed by atoms with E-state index in [9.17, 15) is 0 Å². The van der Waals surface area contributed by atoms with Gasteiger partial charge < -0.3 is 0 Å². The van der Waals surface area contributed by atoms with Gasteiger partial charge in [0.1, 0.15) is 10.0 Å². The molecule has 0 radical (unpaired) electrons. The van der Waals surface area contributed by atoms with E-state index in [0.717, 1.165) is 32.2 Å². The second kappa shape index (κ2) is 12.9. The van der Waals surface area contributed by atoms with Crippen molar-refractivity contribution in [3.63, 3.8) is 0 Å². The Morgan fingerprint density at radius 2 is 1.04 bits per heavy atom. The molecule has 0 fully saturated rings. The maximum Gasteiger partial charge on any atom is 0.124 e. The van der Waals surface area contributed by atoms with Gasteiger partial charge in [-0.25, -0.2) is 9.97 Å². The summed E-state index contributed by atoms with van der Waals surface area (Å²) >= 11 is 3.49. The maximum atomic E-state index is 4.96. The maximum absolute atomic E-state index is 4.96. The van der Waals surface area contributed by atoms with E-state index in [1.165, 1.54) is 70.3 Å². The molecular formula is C50H36N2S2. The van der Waals surface area contributed by atoms with Crippen molar-refractivity contribution in [2.75, 3.05) is 0 Å². The third-order valence-electron chi connectivity index (χ3n) is 11.0. The Morgan fingerprint density at radius 3 is 1.65 bits per heavy atom. The van der Waals surface area contributed by atoms with Gasteiger partial charge in [0.15, 0.2) is 0 Å². The largest absolute Gasteiger partial charge is 0.236 e. The van der Waals surface area contributed by atoms with Gasteiger partial charge in [0, 0.05) is 16.5 Å². The fourth-order valence-electron chi connectivity index (χ4n) is 8.35. The van der Waals surface area contributed by atoms with Crippen molar-refractivity contribution in [3.8, 4) is 43.4 Å². The summed E-state index contributed by atoms with van der Waals surface area (Å²) in [4.78, 5) is 9.89. The molecule has 9 aromatic rings. The summed E-state index contributed by atoms with van der Waals surface area (Å²) in [6.07, 6.45) is 4.76. The van der Waals surface area contributed by atoms with Crippen molar-refractivity contribution in [3.05, 3.63) is 180 Å². The summed E-state index contributed by atoms with van der Waals surface area (Å²) in [5, 5.41) is 4.56. The molecule has 0 spiro atoms. The lowest BCUT2D eigenvalue weighted by Gasteiger charge is -2.22. The Balaban J connectivity index is 1.17. The Labute approximate surface area is 323 Å². The molecule has 2 nitrogen and oxygen atoms in total. The van der Waals surface area contributed by atoms with E-state index >= 15 is 0 Å². The van der Waals surface area contributed by atoms with Gasteiger partial charge in [0.25, 0.3) is 0 Å². The molecule has 7 aromatic carbocycles. The van der Waals surface area contributed by atoms with Crippen LogP contribution in [-0.2, 0) is 5.41 Å². The Morgan fingerprint density at radius 1 is 0.519 bits per heavy atom. The average molecular weight is 729 g/mol. The number of allylic oxidation sites excluding steroid dienone is 3. The van der Waals surface area contributed by atoms with Crippen LogP contribution in [0.25, 0.3) is 86.3 Å². The van der Waals surface area contributed by atoms with Crippen LogP contribution in [0.15, 0.2) is 163 Å². The quantitative estimate of drug-likeness (QED) is 0.176. The SMILES string of the molecule is C/C=C1\C(=C/c2cc(-c3ccc(-c4nc5ccccc5s4)cc3)c3ccccc3c2-c2ccc(-c3nc4ccccc4s3)cc2)c2ccccc2C1(C)C. The molecule has 0 saturated heterocycles. The van der Waals surface area contributed by atoms with Crippen molar-refractivity contribution in [2.24, 2.45) is 0 Å². The van der Waals surface area contributed by atoms with Crippen LogP contribution in [0.3, 0.4) is 0 Å². The minimum atomic E-state index is -0.0909. The monoisotopic (exact) mass is 728 g/mol. The molecule has 0 unspecified atom stereocenters. The zero-order valence-corrected chi connectivity index (χ0v) is 31.9. The smallest absolute Gasteiger partial charge is 0.124 e. The molecule has 0 atom stereocenters. The summed E-state index contributed by atoms with van der Waals surface area (Å²) in [6, 6.07) is 55.0.